The first-order valence-electron chi connectivity index (χ1n) is 17.9. The van der Waals surface area contributed by atoms with E-state index in [0.717, 1.165) is 76.6 Å². The van der Waals surface area contributed by atoms with Crippen molar-refractivity contribution in [3.63, 3.8) is 0 Å². The van der Waals surface area contributed by atoms with Gasteiger partial charge in [-0.1, -0.05) is 54.6 Å². The quantitative estimate of drug-likeness (QED) is 0.141. The van der Waals surface area contributed by atoms with Gasteiger partial charge in [-0.2, -0.15) is 0 Å². The van der Waals surface area contributed by atoms with Gasteiger partial charge in [-0.25, -0.2) is 0 Å². The zero-order valence-electron chi connectivity index (χ0n) is 28.8. The highest BCUT2D eigenvalue weighted by Crippen LogP contribution is 2.36. The fourth-order valence-electron chi connectivity index (χ4n) is 6.49. The van der Waals surface area contributed by atoms with Gasteiger partial charge in [0.2, 0.25) is 0 Å². The smallest absolute Gasteiger partial charge is 0.161 e. The maximum atomic E-state index is 6.21. The normalized spacial score (nSPS) is 15.1. The lowest BCUT2D eigenvalue weighted by molar-refractivity contribution is -0.670. The van der Waals surface area contributed by atoms with Crippen molar-refractivity contribution in [2.24, 2.45) is 0 Å². The number of ether oxygens (including phenoxy) is 5. The summed E-state index contributed by atoms with van der Waals surface area (Å²) in [5, 5.41) is 7.79. The van der Waals surface area contributed by atoms with E-state index in [2.05, 4.69) is 82.3 Å². The van der Waals surface area contributed by atoms with E-state index >= 15 is 0 Å². The SMILES string of the molecule is [NH3+]CCCN(CCC[NH3+])CCC[NH2+]Cc1c2ccccc2c(Cc2ccc3c(c2)OCCOCCOCCOCCO3)c2ccccc12. The van der Waals surface area contributed by atoms with Crippen molar-refractivity contribution >= 4 is 21.5 Å². The lowest BCUT2D eigenvalue weighted by Gasteiger charge is -2.21. The van der Waals surface area contributed by atoms with Crippen LogP contribution in [-0.4, -0.2) is 97.0 Å². The second-order valence-electron chi connectivity index (χ2n) is 12.4. The van der Waals surface area contributed by atoms with Gasteiger partial charge < -0.3 is 45.4 Å². The zero-order valence-corrected chi connectivity index (χ0v) is 28.8. The van der Waals surface area contributed by atoms with Crippen molar-refractivity contribution < 1.29 is 40.5 Å². The van der Waals surface area contributed by atoms with Gasteiger partial charge in [0, 0.05) is 44.5 Å². The van der Waals surface area contributed by atoms with Crippen LogP contribution in [-0.2, 0) is 27.2 Å². The summed E-state index contributed by atoms with van der Waals surface area (Å²) in [6.07, 6.45) is 4.30. The van der Waals surface area contributed by atoms with Crippen LogP contribution in [0.1, 0.15) is 36.0 Å². The summed E-state index contributed by atoms with van der Waals surface area (Å²) in [6, 6.07) is 24.1. The van der Waals surface area contributed by atoms with E-state index in [4.69, 9.17) is 23.7 Å². The summed E-state index contributed by atoms with van der Waals surface area (Å²) in [6.45, 7) is 11.5. The van der Waals surface area contributed by atoms with Gasteiger partial charge in [-0.3, -0.25) is 0 Å². The van der Waals surface area contributed by atoms with E-state index in [9.17, 15) is 0 Å². The second kappa shape index (κ2) is 20.3. The molecule has 0 aromatic heterocycles. The molecule has 0 saturated carbocycles. The van der Waals surface area contributed by atoms with Crippen LogP contribution in [0.25, 0.3) is 21.5 Å². The number of fused-ring (bicyclic) bond motifs is 3. The average Bonchev–Trinajstić information content (AvgIpc) is 3.13. The third-order valence-corrected chi connectivity index (χ3v) is 8.94. The lowest BCUT2D eigenvalue weighted by atomic mass is 9.88. The van der Waals surface area contributed by atoms with Gasteiger partial charge in [-0.05, 0) is 51.2 Å². The molecule has 0 radical (unpaired) electrons. The molecule has 1 aliphatic rings. The Balaban J connectivity index is 1.33. The molecule has 0 spiro atoms. The minimum Gasteiger partial charge on any atom is -0.487 e. The van der Waals surface area contributed by atoms with Gasteiger partial charge >= 0.3 is 0 Å². The largest absolute Gasteiger partial charge is 0.487 e. The predicted molar refractivity (Wildman–Crippen MR) is 190 cm³/mol. The van der Waals surface area contributed by atoms with E-state index in [1.165, 1.54) is 44.7 Å². The summed E-state index contributed by atoms with van der Waals surface area (Å²) in [4.78, 5) is 2.59. The molecule has 0 saturated heterocycles. The molecule has 0 bridgehead atoms. The summed E-state index contributed by atoms with van der Waals surface area (Å²) < 4.78 is 29.2. The van der Waals surface area contributed by atoms with E-state index in [1.54, 1.807) is 0 Å². The number of quaternary nitrogens is 3. The van der Waals surface area contributed by atoms with Gasteiger partial charge in [0.1, 0.15) is 19.8 Å². The standard InChI is InChI=1S/C39H54N4O5/c40-14-5-17-43(18-6-15-41)19-7-16-42-30-37-34-10-3-1-8-32(34)36(33-9-2-4-11-35(33)37)28-31-12-13-38-39(29-31)48-27-25-46-23-21-44-20-22-45-24-26-47-38/h1-4,8-13,29,42H,5-7,14-28,30,40-41H2/p+3. The van der Waals surface area contributed by atoms with Crippen LogP contribution in [0, 0.1) is 0 Å². The summed E-state index contributed by atoms with van der Waals surface area (Å²) in [5.74, 6) is 1.46. The fraction of sp³-hybridized carbons (Fsp3) is 0.487. The minimum atomic E-state index is 0.442. The van der Waals surface area contributed by atoms with Crippen LogP contribution in [0.5, 0.6) is 11.5 Å². The molecule has 9 nitrogen and oxygen atoms in total. The monoisotopic (exact) mass is 661 g/mol. The van der Waals surface area contributed by atoms with Crippen molar-refractivity contribution in [1.82, 2.24) is 4.90 Å². The first kappa shape index (κ1) is 36.0. The zero-order chi connectivity index (χ0) is 33.2. The molecule has 0 atom stereocenters. The van der Waals surface area contributed by atoms with Gasteiger partial charge in [-0.15, -0.1) is 0 Å². The second-order valence-corrected chi connectivity index (χ2v) is 12.4. The molecular formula is C39H57N4O5+3. The highest BCUT2D eigenvalue weighted by atomic mass is 16.6. The highest BCUT2D eigenvalue weighted by Gasteiger charge is 2.17. The van der Waals surface area contributed by atoms with Crippen LogP contribution in [0.4, 0.5) is 0 Å². The third kappa shape index (κ3) is 10.6. The molecule has 0 amide bonds. The first-order valence-corrected chi connectivity index (χ1v) is 17.9. The summed E-state index contributed by atoms with van der Waals surface area (Å²) >= 11 is 0. The van der Waals surface area contributed by atoms with Gasteiger partial charge in [0.15, 0.2) is 11.5 Å². The van der Waals surface area contributed by atoms with E-state index in [1.807, 2.05) is 6.07 Å². The van der Waals surface area contributed by atoms with Crippen LogP contribution >= 0.6 is 0 Å². The van der Waals surface area contributed by atoms with Crippen molar-refractivity contribution in [3.8, 4) is 11.5 Å². The molecule has 0 unspecified atom stereocenters. The molecule has 5 rings (SSSR count). The highest BCUT2D eigenvalue weighted by molar-refractivity contribution is 6.06. The molecule has 9 heteroatoms. The number of benzene rings is 4. The molecule has 8 N–H and O–H groups in total. The van der Waals surface area contributed by atoms with Crippen molar-refractivity contribution in [1.29, 1.82) is 0 Å². The van der Waals surface area contributed by atoms with E-state index in [0.29, 0.717) is 52.9 Å². The molecule has 1 aliphatic heterocycles. The third-order valence-electron chi connectivity index (χ3n) is 8.94. The molecule has 4 aromatic carbocycles. The molecule has 0 fully saturated rings. The van der Waals surface area contributed by atoms with Crippen LogP contribution in [0.3, 0.4) is 0 Å². The van der Waals surface area contributed by atoms with Crippen LogP contribution in [0.15, 0.2) is 66.7 Å². The topological polar surface area (TPSA) is 121 Å². The lowest BCUT2D eigenvalue weighted by Crippen LogP contribution is -2.82. The van der Waals surface area contributed by atoms with Crippen LogP contribution < -0.4 is 26.3 Å². The number of nitrogens with two attached hydrogens (primary N) is 1. The maximum Gasteiger partial charge on any atom is 0.161 e. The van der Waals surface area contributed by atoms with Gasteiger partial charge in [0.05, 0.1) is 59.3 Å². The Morgan fingerprint density at radius 2 is 1.06 bits per heavy atom. The maximum absolute atomic E-state index is 6.21. The number of nitrogens with zero attached hydrogens (tertiary/aromatic N) is 1. The molecule has 48 heavy (non-hydrogen) atoms. The summed E-state index contributed by atoms with van der Waals surface area (Å²) in [5.41, 5.74) is 12.0. The van der Waals surface area contributed by atoms with Gasteiger partial charge in [0.25, 0.3) is 0 Å². The Morgan fingerprint density at radius 1 is 0.562 bits per heavy atom. The van der Waals surface area contributed by atoms with Crippen molar-refractivity contribution in [3.05, 3.63) is 83.4 Å². The molecule has 1 heterocycles. The fourth-order valence-corrected chi connectivity index (χ4v) is 6.49. The molecule has 260 valence electrons. The first-order chi connectivity index (χ1) is 23.8. The Labute approximate surface area is 285 Å². The Hall–Kier alpha value is -3.28. The van der Waals surface area contributed by atoms with Crippen molar-refractivity contribution in [2.75, 3.05) is 92.1 Å². The van der Waals surface area contributed by atoms with Crippen molar-refractivity contribution in [2.45, 2.75) is 32.2 Å². The van der Waals surface area contributed by atoms with E-state index < -0.39 is 0 Å². The molecule has 4 aromatic rings. The Bertz CT molecular complexity index is 1470. The number of rotatable bonds is 14. The van der Waals surface area contributed by atoms with Crippen LogP contribution in [0.2, 0.25) is 0 Å². The number of hydrogen-bond donors (Lipinski definition) is 3. The number of hydrogen-bond acceptors (Lipinski definition) is 6. The predicted octanol–water partition coefficient (Wildman–Crippen LogP) is 2.42. The summed E-state index contributed by atoms with van der Waals surface area (Å²) in [7, 11) is 0. The molecule has 0 aliphatic carbocycles. The van der Waals surface area contributed by atoms with E-state index in [-0.39, 0.29) is 0 Å². The molecular weight excluding hydrogens is 604 g/mol. The minimum absolute atomic E-state index is 0.442. The Morgan fingerprint density at radius 3 is 1.62 bits per heavy atom. The average molecular weight is 662 g/mol. The Kier molecular flexibility index (Phi) is 15.2.